The maximum Gasteiger partial charge on any atom is 0.272 e. The second kappa shape index (κ2) is 6.72. The highest BCUT2D eigenvalue weighted by molar-refractivity contribution is 6.07. The normalized spacial score (nSPS) is 11.1. The Morgan fingerprint density at radius 1 is 1.11 bits per heavy atom. The fraction of sp³-hybridized carbons (Fsp3) is 0.190. The second-order valence-electron chi connectivity index (χ2n) is 6.80. The van der Waals surface area contributed by atoms with Crippen molar-refractivity contribution >= 4 is 22.5 Å². The van der Waals surface area contributed by atoms with Gasteiger partial charge in [-0.2, -0.15) is 5.10 Å². The molecule has 0 fully saturated rings. The quantitative estimate of drug-likeness (QED) is 0.604. The number of nitrogens with one attached hydrogen (secondary N) is 1. The van der Waals surface area contributed by atoms with Gasteiger partial charge in [0.2, 0.25) is 0 Å². The van der Waals surface area contributed by atoms with E-state index in [9.17, 15) is 4.79 Å². The van der Waals surface area contributed by atoms with Gasteiger partial charge in [0, 0.05) is 18.1 Å². The largest absolute Gasteiger partial charge is 0.339 e. The Morgan fingerprint density at radius 2 is 1.93 bits per heavy atom. The molecular formula is C21H21N5O. The van der Waals surface area contributed by atoms with E-state index < -0.39 is 0 Å². The molecule has 136 valence electrons. The number of hydrogen-bond donors (Lipinski definition) is 1. The van der Waals surface area contributed by atoms with Gasteiger partial charge in [-0.1, -0.05) is 24.3 Å². The Balaban J connectivity index is 1.61. The highest BCUT2D eigenvalue weighted by atomic mass is 16.1. The minimum absolute atomic E-state index is 0.120. The van der Waals surface area contributed by atoms with Gasteiger partial charge in [0.1, 0.15) is 18.3 Å². The number of rotatable bonds is 4. The van der Waals surface area contributed by atoms with Crippen molar-refractivity contribution in [3.05, 3.63) is 77.5 Å². The maximum atomic E-state index is 12.9. The zero-order chi connectivity index (χ0) is 19.0. The van der Waals surface area contributed by atoms with Crippen LogP contribution in [0.15, 0.2) is 55.1 Å². The molecule has 2 heterocycles. The summed E-state index contributed by atoms with van der Waals surface area (Å²) in [6.07, 6.45) is 3.18. The van der Waals surface area contributed by atoms with Crippen molar-refractivity contribution in [3.8, 4) is 0 Å². The number of anilines is 1. The smallest absolute Gasteiger partial charge is 0.272 e. The van der Waals surface area contributed by atoms with Crippen molar-refractivity contribution in [3.63, 3.8) is 0 Å². The molecule has 4 rings (SSSR count). The van der Waals surface area contributed by atoms with Gasteiger partial charge in [0.15, 0.2) is 0 Å². The number of fused-ring (bicyclic) bond motifs is 1. The standard InChI is InChI=1S/C21H21N5O/c1-14-7-8-15(2)20-18(14)10-19(25(20)3)21(27)24-17-6-4-5-16(9-17)11-26-13-22-12-23-26/h4-10,12-13H,11H2,1-3H3,(H,24,27). The minimum atomic E-state index is -0.120. The molecule has 1 N–H and O–H groups in total. The molecule has 4 aromatic rings. The molecule has 0 spiro atoms. The molecule has 0 aliphatic heterocycles. The molecule has 0 aliphatic carbocycles. The van der Waals surface area contributed by atoms with Crippen LogP contribution in [0.2, 0.25) is 0 Å². The molecule has 2 aromatic heterocycles. The summed E-state index contributed by atoms with van der Waals surface area (Å²) in [6, 6.07) is 13.9. The van der Waals surface area contributed by atoms with E-state index >= 15 is 0 Å². The van der Waals surface area contributed by atoms with Crippen molar-refractivity contribution in [1.82, 2.24) is 19.3 Å². The van der Waals surface area contributed by atoms with Gasteiger partial charge < -0.3 is 9.88 Å². The van der Waals surface area contributed by atoms with Crippen molar-refractivity contribution in [2.75, 3.05) is 5.32 Å². The number of amides is 1. The molecule has 0 unspecified atom stereocenters. The molecule has 0 radical (unpaired) electrons. The van der Waals surface area contributed by atoms with Crippen molar-refractivity contribution in [2.24, 2.45) is 7.05 Å². The van der Waals surface area contributed by atoms with E-state index in [0.29, 0.717) is 12.2 Å². The SMILES string of the molecule is Cc1ccc(C)c2c1cc(C(=O)Nc1cccc(Cn3cncn3)c1)n2C. The van der Waals surface area contributed by atoms with Crippen molar-refractivity contribution < 1.29 is 4.79 Å². The van der Waals surface area contributed by atoms with Crippen LogP contribution in [-0.4, -0.2) is 25.2 Å². The van der Waals surface area contributed by atoms with E-state index in [-0.39, 0.29) is 5.91 Å². The van der Waals surface area contributed by atoms with Crippen LogP contribution in [0.5, 0.6) is 0 Å². The lowest BCUT2D eigenvalue weighted by Crippen LogP contribution is -2.15. The molecular weight excluding hydrogens is 338 g/mol. The number of benzene rings is 2. The average molecular weight is 359 g/mol. The summed E-state index contributed by atoms with van der Waals surface area (Å²) in [5.41, 5.74) is 5.87. The van der Waals surface area contributed by atoms with Gasteiger partial charge in [-0.15, -0.1) is 0 Å². The van der Waals surface area contributed by atoms with E-state index in [2.05, 4.69) is 41.4 Å². The summed E-state index contributed by atoms with van der Waals surface area (Å²) in [6.45, 7) is 4.74. The second-order valence-corrected chi connectivity index (χ2v) is 6.80. The van der Waals surface area contributed by atoms with E-state index in [1.807, 2.05) is 41.9 Å². The monoisotopic (exact) mass is 359 g/mol. The van der Waals surface area contributed by atoms with Crippen LogP contribution < -0.4 is 5.32 Å². The molecule has 6 nitrogen and oxygen atoms in total. The predicted molar refractivity (Wildman–Crippen MR) is 106 cm³/mol. The first kappa shape index (κ1) is 17.0. The number of aryl methyl sites for hydroxylation is 3. The molecule has 0 atom stereocenters. The van der Waals surface area contributed by atoms with Crippen LogP contribution >= 0.6 is 0 Å². The summed E-state index contributed by atoms with van der Waals surface area (Å²) >= 11 is 0. The Kier molecular flexibility index (Phi) is 4.24. The summed E-state index contributed by atoms with van der Waals surface area (Å²) in [5, 5.41) is 8.24. The van der Waals surface area contributed by atoms with Gasteiger partial charge in [-0.3, -0.25) is 4.79 Å². The fourth-order valence-corrected chi connectivity index (χ4v) is 3.46. The van der Waals surface area contributed by atoms with E-state index in [4.69, 9.17) is 0 Å². The zero-order valence-electron chi connectivity index (χ0n) is 15.6. The van der Waals surface area contributed by atoms with Gasteiger partial charge >= 0.3 is 0 Å². The van der Waals surface area contributed by atoms with Crippen LogP contribution in [0.1, 0.15) is 27.2 Å². The number of carbonyl (C=O) groups is 1. The highest BCUT2D eigenvalue weighted by Crippen LogP contribution is 2.26. The molecule has 0 bridgehead atoms. The van der Waals surface area contributed by atoms with Crippen LogP contribution in [-0.2, 0) is 13.6 Å². The van der Waals surface area contributed by atoms with Crippen LogP contribution in [0.3, 0.4) is 0 Å². The first-order valence-electron chi connectivity index (χ1n) is 8.81. The number of aromatic nitrogens is 4. The minimum Gasteiger partial charge on any atom is -0.339 e. The van der Waals surface area contributed by atoms with Gasteiger partial charge in [-0.05, 0) is 48.7 Å². The molecule has 6 heteroatoms. The van der Waals surface area contributed by atoms with Crippen molar-refractivity contribution in [1.29, 1.82) is 0 Å². The molecule has 27 heavy (non-hydrogen) atoms. The lowest BCUT2D eigenvalue weighted by Gasteiger charge is -2.09. The van der Waals surface area contributed by atoms with E-state index in [1.165, 1.54) is 11.9 Å². The summed E-state index contributed by atoms with van der Waals surface area (Å²) in [7, 11) is 1.94. The lowest BCUT2D eigenvalue weighted by molar-refractivity contribution is 0.102. The molecule has 0 aliphatic rings. The van der Waals surface area contributed by atoms with Gasteiger partial charge in [0.05, 0.1) is 12.1 Å². The van der Waals surface area contributed by atoms with E-state index in [1.54, 1.807) is 11.0 Å². The number of hydrogen-bond acceptors (Lipinski definition) is 3. The topological polar surface area (TPSA) is 64.7 Å². The third kappa shape index (κ3) is 3.21. The third-order valence-electron chi connectivity index (χ3n) is 4.84. The Hall–Kier alpha value is -3.41. The molecule has 0 saturated heterocycles. The third-order valence-corrected chi connectivity index (χ3v) is 4.84. The number of nitrogens with zero attached hydrogens (tertiary/aromatic N) is 4. The highest BCUT2D eigenvalue weighted by Gasteiger charge is 2.16. The van der Waals surface area contributed by atoms with E-state index in [0.717, 1.165) is 27.7 Å². The Labute approximate surface area is 157 Å². The Morgan fingerprint density at radius 3 is 2.67 bits per heavy atom. The maximum absolute atomic E-state index is 12.9. The van der Waals surface area contributed by atoms with Crippen LogP contribution in [0, 0.1) is 13.8 Å². The van der Waals surface area contributed by atoms with Gasteiger partial charge in [-0.25, -0.2) is 9.67 Å². The summed E-state index contributed by atoms with van der Waals surface area (Å²) < 4.78 is 3.71. The average Bonchev–Trinajstić information content (AvgIpc) is 3.27. The van der Waals surface area contributed by atoms with Crippen LogP contribution in [0.25, 0.3) is 10.9 Å². The Bertz CT molecular complexity index is 1130. The molecule has 2 aromatic carbocycles. The lowest BCUT2D eigenvalue weighted by atomic mass is 10.1. The fourth-order valence-electron chi connectivity index (χ4n) is 3.46. The first-order chi connectivity index (χ1) is 13.0. The van der Waals surface area contributed by atoms with Crippen LogP contribution in [0.4, 0.5) is 5.69 Å². The summed E-state index contributed by atoms with van der Waals surface area (Å²) in [4.78, 5) is 16.8. The van der Waals surface area contributed by atoms with Crippen molar-refractivity contribution in [2.45, 2.75) is 20.4 Å². The first-order valence-corrected chi connectivity index (χ1v) is 8.81. The zero-order valence-corrected chi connectivity index (χ0v) is 15.6. The number of carbonyl (C=O) groups excluding carboxylic acids is 1. The predicted octanol–water partition coefficient (Wildman–Crippen LogP) is 3.69. The van der Waals surface area contributed by atoms with Gasteiger partial charge in [0.25, 0.3) is 5.91 Å². The summed E-state index contributed by atoms with van der Waals surface area (Å²) in [5.74, 6) is -0.120. The molecule has 0 saturated carbocycles. The molecule has 1 amide bonds.